The number of rotatable bonds is 8. The fraction of sp³-hybridized carbons (Fsp3) is 0.524. The van der Waals surface area contributed by atoms with Crippen molar-refractivity contribution in [1.29, 1.82) is 0 Å². The van der Waals surface area contributed by atoms with Gasteiger partial charge in [-0.25, -0.2) is 9.98 Å². The van der Waals surface area contributed by atoms with Crippen molar-refractivity contribution in [2.75, 3.05) is 19.8 Å². The van der Waals surface area contributed by atoms with Gasteiger partial charge in [-0.05, 0) is 31.9 Å². The van der Waals surface area contributed by atoms with E-state index in [1.807, 2.05) is 6.20 Å². The number of nitrogens with zero attached hydrogens (tertiary/aromatic N) is 2. The molecule has 0 spiro atoms. The first kappa shape index (κ1) is 23.9. The van der Waals surface area contributed by atoms with Gasteiger partial charge in [-0.2, -0.15) is 0 Å². The summed E-state index contributed by atoms with van der Waals surface area (Å²) in [7, 11) is 0. The van der Waals surface area contributed by atoms with Crippen LogP contribution in [0.15, 0.2) is 29.4 Å². The van der Waals surface area contributed by atoms with Gasteiger partial charge in [0.05, 0.1) is 26.3 Å². The van der Waals surface area contributed by atoms with E-state index < -0.39 is 0 Å². The molecule has 1 aromatic carbocycles. The molecule has 29 heavy (non-hydrogen) atoms. The number of aromatic nitrogens is 1. The molecule has 2 heterocycles. The molecule has 1 atom stereocenters. The largest absolute Gasteiger partial charge is 0.488 e. The van der Waals surface area contributed by atoms with Crippen LogP contribution < -0.4 is 15.4 Å². The Hall–Kier alpha value is -1.39. The monoisotopic (exact) mass is 530 g/mol. The fourth-order valence-corrected chi connectivity index (χ4v) is 3.75. The highest BCUT2D eigenvalue weighted by Crippen LogP contribution is 2.24. The van der Waals surface area contributed by atoms with Crippen molar-refractivity contribution in [3.8, 4) is 5.75 Å². The summed E-state index contributed by atoms with van der Waals surface area (Å²) >= 11 is 1.74. The van der Waals surface area contributed by atoms with Gasteiger partial charge in [-0.3, -0.25) is 0 Å². The van der Waals surface area contributed by atoms with Crippen molar-refractivity contribution in [3.05, 3.63) is 45.4 Å². The van der Waals surface area contributed by atoms with Gasteiger partial charge in [0, 0.05) is 29.6 Å². The zero-order valence-corrected chi connectivity index (χ0v) is 20.5. The summed E-state index contributed by atoms with van der Waals surface area (Å²) in [4.78, 5) is 10.5. The summed E-state index contributed by atoms with van der Waals surface area (Å²) in [5.74, 6) is 1.69. The Bertz CT molecular complexity index is 791. The van der Waals surface area contributed by atoms with E-state index in [-0.39, 0.29) is 30.1 Å². The van der Waals surface area contributed by atoms with Crippen LogP contribution in [-0.2, 0) is 24.2 Å². The van der Waals surface area contributed by atoms with Crippen molar-refractivity contribution >= 4 is 41.3 Å². The zero-order valence-electron chi connectivity index (χ0n) is 17.4. The number of aryl methyl sites for hydroxylation is 2. The van der Waals surface area contributed by atoms with Gasteiger partial charge in [0.25, 0.3) is 0 Å². The summed E-state index contributed by atoms with van der Waals surface area (Å²) in [6.45, 7) is 9.76. The molecule has 1 aromatic heterocycles. The van der Waals surface area contributed by atoms with E-state index in [1.54, 1.807) is 11.3 Å². The Labute approximate surface area is 194 Å². The molecule has 3 rings (SSSR count). The number of thiazole rings is 1. The highest BCUT2D eigenvalue weighted by atomic mass is 127. The summed E-state index contributed by atoms with van der Waals surface area (Å²) in [5, 5.41) is 7.75. The summed E-state index contributed by atoms with van der Waals surface area (Å²) in [6, 6.07) is 6.29. The fourth-order valence-electron chi connectivity index (χ4n) is 2.95. The number of hydrogen-bond donors (Lipinski definition) is 2. The first-order chi connectivity index (χ1) is 13.7. The minimum atomic E-state index is 0. The molecule has 0 aliphatic carbocycles. The Morgan fingerprint density at radius 1 is 1.34 bits per heavy atom. The van der Waals surface area contributed by atoms with Gasteiger partial charge >= 0.3 is 0 Å². The van der Waals surface area contributed by atoms with Crippen molar-refractivity contribution < 1.29 is 9.47 Å². The third-order valence-corrected chi connectivity index (χ3v) is 5.65. The molecule has 160 valence electrons. The predicted octanol–water partition coefficient (Wildman–Crippen LogP) is 4.05. The minimum absolute atomic E-state index is 0. The molecule has 1 aliphatic rings. The van der Waals surface area contributed by atoms with Gasteiger partial charge in [-0.1, -0.05) is 19.1 Å². The van der Waals surface area contributed by atoms with Gasteiger partial charge in [-0.15, -0.1) is 35.3 Å². The lowest BCUT2D eigenvalue weighted by Gasteiger charge is -2.16. The summed E-state index contributed by atoms with van der Waals surface area (Å²) < 4.78 is 11.6. The Kier molecular flexibility index (Phi) is 10.2. The minimum Gasteiger partial charge on any atom is -0.488 e. The summed E-state index contributed by atoms with van der Waals surface area (Å²) in [5.41, 5.74) is 2.26. The van der Waals surface area contributed by atoms with E-state index in [9.17, 15) is 0 Å². The molecule has 1 saturated heterocycles. The molecule has 0 saturated carbocycles. The molecule has 2 N–H and O–H groups in total. The molecule has 1 unspecified atom stereocenters. The van der Waals surface area contributed by atoms with E-state index in [4.69, 9.17) is 14.5 Å². The van der Waals surface area contributed by atoms with Crippen molar-refractivity contribution in [1.82, 2.24) is 15.6 Å². The SMILES string of the molecule is CCNC(=NCc1ccc(C)cc1OC1CCOC1)NCc1ncc(CC)s1.I. The van der Waals surface area contributed by atoms with Gasteiger partial charge in [0.15, 0.2) is 5.96 Å². The van der Waals surface area contributed by atoms with Crippen molar-refractivity contribution in [3.63, 3.8) is 0 Å². The van der Waals surface area contributed by atoms with Crippen LogP contribution in [-0.4, -0.2) is 36.8 Å². The van der Waals surface area contributed by atoms with Crippen LogP contribution in [0.3, 0.4) is 0 Å². The number of ether oxygens (including phenoxy) is 2. The standard InChI is InChI=1S/C21H30N4O2S.HI/c1-4-18-12-23-20(28-18)13-25-21(22-5-2)24-11-16-7-6-15(3)10-19(16)27-17-8-9-26-14-17;/h6-7,10,12,17H,4-5,8-9,11,13-14H2,1-3H3,(H2,22,24,25);1H. The summed E-state index contributed by atoms with van der Waals surface area (Å²) in [6.07, 6.45) is 4.05. The smallest absolute Gasteiger partial charge is 0.191 e. The predicted molar refractivity (Wildman–Crippen MR) is 130 cm³/mol. The second-order valence-electron chi connectivity index (χ2n) is 6.84. The van der Waals surface area contributed by atoms with E-state index >= 15 is 0 Å². The molecule has 0 amide bonds. The number of halogens is 1. The van der Waals surface area contributed by atoms with Crippen molar-refractivity contribution in [2.45, 2.75) is 52.8 Å². The number of guanidine groups is 1. The maximum Gasteiger partial charge on any atom is 0.191 e. The van der Waals surface area contributed by atoms with Crippen LogP contribution in [0.2, 0.25) is 0 Å². The lowest BCUT2D eigenvalue weighted by Crippen LogP contribution is -2.36. The van der Waals surface area contributed by atoms with Gasteiger partial charge in [0.1, 0.15) is 16.9 Å². The molecular formula is C21H31IN4O2S. The molecule has 8 heteroatoms. The van der Waals surface area contributed by atoms with Gasteiger partial charge in [0.2, 0.25) is 0 Å². The normalized spacial score (nSPS) is 16.4. The first-order valence-corrected chi connectivity index (χ1v) is 10.8. The second-order valence-corrected chi connectivity index (χ2v) is 8.04. The molecule has 2 aromatic rings. The Balaban J connectivity index is 0.00000300. The highest BCUT2D eigenvalue weighted by Gasteiger charge is 2.18. The third kappa shape index (κ3) is 7.42. The van der Waals surface area contributed by atoms with Crippen LogP contribution in [0.25, 0.3) is 0 Å². The third-order valence-electron chi connectivity index (χ3n) is 4.51. The Morgan fingerprint density at radius 2 is 2.21 bits per heavy atom. The lowest BCUT2D eigenvalue weighted by atomic mass is 10.1. The number of nitrogens with one attached hydrogen (secondary N) is 2. The number of benzene rings is 1. The van der Waals surface area contributed by atoms with E-state index in [0.717, 1.165) is 48.3 Å². The van der Waals surface area contributed by atoms with Crippen molar-refractivity contribution in [2.24, 2.45) is 4.99 Å². The highest BCUT2D eigenvalue weighted by molar-refractivity contribution is 14.0. The van der Waals surface area contributed by atoms with Crippen LogP contribution in [0.1, 0.15) is 41.3 Å². The van der Waals surface area contributed by atoms with Gasteiger partial charge < -0.3 is 20.1 Å². The maximum absolute atomic E-state index is 6.18. The molecule has 0 radical (unpaired) electrons. The number of hydrogen-bond acceptors (Lipinski definition) is 5. The number of aliphatic imine (C=N–C) groups is 1. The van der Waals surface area contributed by atoms with E-state index in [0.29, 0.717) is 19.7 Å². The molecule has 6 nitrogen and oxygen atoms in total. The zero-order chi connectivity index (χ0) is 19.8. The molecule has 1 fully saturated rings. The van der Waals surface area contributed by atoms with E-state index in [1.165, 1.54) is 10.4 Å². The molecular weight excluding hydrogens is 499 g/mol. The van der Waals surface area contributed by atoms with E-state index in [2.05, 4.69) is 54.6 Å². The quantitative estimate of drug-likeness (QED) is 0.306. The maximum atomic E-state index is 6.18. The average Bonchev–Trinajstić information content (AvgIpc) is 3.37. The topological polar surface area (TPSA) is 67.8 Å². The van der Waals surface area contributed by atoms with Crippen LogP contribution >= 0.6 is 35.3 Å². The first-order valence-electron chi connectivity index (χ1n) is 9.97. The van der Waals surface area contributed by atoms with Crippen LogP contribution in [0, 0.1) is 6.92 Å². The molecule has 0 bridgehead atoms. The second kappa shape index (κ2) is 12.3. The lowest BCUT2D eigenvalue weighted by molar-refractivity contribution is 0.140. The van der Waals surface area contributed by atoms with Crippen LogP contribution in [0.5, 0.6) is 5.75 Å². The average molecular weight is 530 g/mol. The molecule has 1 aliphatic heterocycles. The van der Waals surface area contributed by atoms with Crippen LogP contribution in [0.4, 0.5) is 0 Å². The Morgan fingerprint density at radius 3 is 2.90 bits per heavy atom.